The fourth-order valence-electron chi connectivity index (χ4n) is 3.78. The van der Waals surface area contributed by atoms with E-state index in [-0.39, 0.29) is 11.3 Å². The summed E-state index contributed by atoms with van der Waals surface area (Å²) in [5.41, 5.74) is -1.56. The summed E-state index contributed by atoms with van der Waals surface area (Å²) in [7, 11) is 0. The number of rotatable bonds is 8. The predicted octanol–water partition coefficient (Wildman–Crippen LogP) is 3.24. The number of aromatic nitrogens is 4. The fraction of sp³-hybridized carbons (Fsp3) is 0.409. The summed E-state index contributed by atoms with van der Waals surface area (Å²) >= 11 is 4.20. The van der Waals surface area contributed by atoms with Crippen LogP contribution in [-0.4, -0.2) is 84.5 Å². The molecule has 3 N–H and O–H groups in total. The first-order chi connectivity index (χ1) is 18.4. The average molecular weight is 645 g/mol. The van der Waals surface area contributed by atoms with E-state index in [0.29, 0.717) is 21.5 Å². The molecule has 39 heavy (non-hydrogen) atoms. The van der Waals surface area contributed by atoms with Gasteiger partial charge >= 0.3 is 6.18 Å². The van der Waals surface area contributed by atoms with Crippen LogP contribution in [0.4, 0.5) is 26.3 Å². The predicted molar refractivity (Wildman–Crippen MR) is 126 cm³/mol. The molecule has 3 heterocycles. The first kappa shape index (κ1) is 29.7. The molecule has 1 aromatic carbocycles. The number of hydrogen-bond acceptors (Lipinski definition) is 9. The number of benzene rings is 1. The fourth-order valence-corrected chi connectivity index (χ4v) is 5.45. The Morgan fingerprint density at radius 2 is 1.85 bits per heavy atom. The quantitative estimate of drug-likeness (QED) is 0.251. The molecular formula is C22H19BrF6N4O5S. The standard InChI is InChI=1S/C22H19BrF6N4O5S/c23-10-3-11(5-30-4-10)39-21-20(37-8-16(35)22(27,28)29)18(19(36)15(7-34)38-21)33-6-14(31-32-33)9-1-12(24)17(26)13(25)2-9/h1-6,15-16,18-21,34-36H,7-8H2. The van der Waals surface area contributed by atoms with Gasteiger partial charge in [-0.3, -0.25) is 4.98 Å². The van der Waals surface area contributed by atoms with Gasteiger partial charge in [0.2, 0.25) is 0 Å². The molecule has 0 aliphatic carbocycles. The van der Waals surface area contributed by atoms with E-state index in [1.165, 1.54) is 12.4 Å². The Bertz CT molecular complexity index is 1280. The monoisotopic (exact) mass is 644 g/mol. The first-order valence-corrected chi connectivity index (χ1v) is 12.7. The molecule has 3 aromatic rings. The zero-order valence-electron chi connectivity index (χ0n) is 19.3. The molecule has 0 bridgehead atoms. The van der Waals surface area contributed by atoms with Crippen molar-refractivity contribution in [2.75, 3.05) is 13.2 Å². The van der Waals surface area contributed by atoms with Crippen molar-refractivity contribution in [3.8, 4) is 11.3 Å². The highest BCUT2D eigenvalue weighted by Crippen LogP contribution is 2.40. The van der Waals surface area contributed by atoms with Crippen LogP contribution in [0.2, 0.25) is 0 Å². The Kier molecular flexibility index (Phi) is 9.19. The van der Waals surface area contributed by atoms with Crippen molar-refractivity contribution in [1.29, 1.82) is 0 Å². The molecule has 1 saturated heterocycles. The largest absolute Gasteiger partial charge is 0.416 e. The molecule has 6 atom stereocenters. The van der Waals surface area contributed by atoms with Crippen LogP contribution < -0.4 is 0 Å². The Morgan fingerprint density at radius 1 is 1.15 bits per heavy atom. The van der Waals surface area contributed by atoms with Crippen molar-refractivity contribution in [2.45, 2.75) is 47.0 Å². The lowest BCUT2D eigenvalue weighted by molar-refractivity contribution is -0.240. The van der Waals surface area contributed by atoms with Crippen molar-refractivity contribution in [2.24, 2.45) is 0 Å². The second-order valence-corrected chi connectivity index (χ2v) is 10.4. The number of aliphatic hydroxyl groups is 3. The van der Waals surface area contributed by atoms with E-state index in [1.807, 2.05) is 0 Å². The van der Waals surface area contributed by atoms with Gasteiger partial charge in [0.05, 0.1) is 19.4 Å². The van der Waals surface area contributed by atoms with Gasteiger partial charge in [0.25, 0.3) is 0 Å². The lowest BCUT2D eigenvalue weighted by Crippen LogP contribution is -2.56. The third-order valence-electron chi connectivity index (χ3n) is 5.68. The summed E-state index contributed by atoms with van der Waals surface area (Å²) in [4.78, 5) is 4.48. The normalized spacial score (nSPS) is 24.6. The lowest BCUT2D eigenvalue weighted by atomic mass is 9.97. The minimum Gasteiger partial charge on any atom is -0.394 e. The molecular weight excluding hydrogens is 626 g/mol. The van der Waals surface area contributed by atoms with Gasteiger partial charge in [0.1, 0.15) is 35.5 Å². The third-order valence-corrected chi connectivity index (χ3v) is 7.22. The Balaban J connectivity index is 1.72. The van der Waals surface area contributed by atoms with E-state index in [1.54, 1.807) is 6.07 Å². The van der Waals surface area contributed by atoms with E-state index >= 15 is 0 Å². The lowest BCUT2D eigenvalue weighted by Gasteiger charge is -2.44. The van der Waals surface area contributed by atoms with Crippen molar-refractivity contribution in [1.82, 2.24) is 20.0 Å². The van der Waals surface area contributed by atoms with Crippen LogP contribution >= 0.6 is 27.7 Å². The summed E-state index contributed by atoms with van der Waals surface area (Å²) in [6, 6.07) is 1.58. The van der Waals surface area contributed by atoms with Gasteiger partial charge in [0.15, 0.2) is 23.6 Å². The number of thioether (sulfide) groups is 1. The number of pyridine rings is 1. The number of aliphatic hydroxyl groups excluding tert-OH is 3. The highest BCUT2D eigenvalue weighted by atomic mass is 79.9. The number of ether oxygens (including phenoxy) is 2. The van der Waals surface area contributed by atoms with Crippen LogP contribution in [0.15, 0.2) is 46.2 Å². The molecule has 0 saturated carbocycles. The third kappa shape index (κ3) is 6.72. The van der Waals surface area contributed by atoms with Crippen molar-refractivity contribution >= 4 is 27.7 Å². The molecule has 212 valence electrons. The van der Waals surface area contributed by atoms with Gasteiger partial charge in [-0.1, -0.05) is 17.0 Å². The van der Waals surface area contributed by atoms with Crippen LogP contribution in [0.3, 0.4) is 0 Å². The van der Waals surface area contributed by atoms with E-state index < -0.39 is 72.7 Å². The number of hydrogen-bond donors (Lipinski definition) is 3. The van der Waals surface area contributed by atoms with E-state index in [2.05, 4.69) is 31.2 Å². The second-order valence-electron chi connectivity index (χ2n) is 8.36. The maximum absolute atomic E-state index is 13.8. The maximum atomic E-state index is 13.8. The molecule has 9 nitrogen and oxygen atoms in total. The topological polar surface area (TPSA) is 123 Å². The van der Waals surface area contributed by atoms with Gasteiger partial charge in [-0.15, -0.1) is 5.10 Å². The van der Waals surface area contributed by atoms with E-state index in [0.717, 1.165) is 22.6 Å². The van der Waals surface area contributed by atoms with Gasteiger partial charge in [-0.25, -0.2) is 17.9 Å². The Hall–Kier alpha value is -2.28. The zero-order chi connectivity index (χ0) is 28.5. The minimum absolute atomic E-state index is 0.165. The number of nitrogens with zero attached hydrogens (tertiary/aromatic N) is 4. The van der Waals surface area contributed by atoms with Crippen LogP contribution in [0.1, 0.15) is 6.04 Å². The van der Waals surface area contributed by atoms with Gasteiger partial charge in [0, 0.05) is 27.3 Å². The van der Waals surface area contributed by atoms with Crippen LogP contribution in [-0.2, 0) is 9.47 Å². The highest BCUT2D eigenvalue weighted by Gasteiger charge is 2.49. The SMILES string of the molecule is OCC1OC(Sc2cncc(Br)c2)C(OCC(O)C(F)(F)F)C(n2cc(-c3cc(F)c(F)c(F)c3)nn2)C1O. The molecule has 0 radical (unpaired) electrons. The van der Waals surface area contributed by atoms with Gasteiger partial charge < -0.3 is 24.8 Å². The highest BCUT2D eigenvalue weighted by molar-refractivity contribution is 9.10. The molecule has 17 heteroatoms. The molecule has 1 aliphatic rings. The van der Waals surface area contributed by atoms with Crippen LogP contribution in [0, 0.1) is 17.5 Å². The summed E-state index contributed by atoms with van der Waals surface area (Å²) in [6.45, 7) is -1.95. The molecule has 6 unspecified atom stereocenters. The molecule has 0 spiro atoms. The molecule has 1 aliphatic heterocycles. The zero-order valence-corrected chi connectivity index (χ0v) is 21.7. The summed E-state index contributed by atoms with van der Waals surface area (Å²) in [5, 5.41) is 37.9. The van der Waals surface area contributed by atoms with Crippen molar-refractivity contribution in [3.05, 3.63) is 58.7 Å². The van der Waals surface area contributed by atoms with Crippen LogP contribution in [0.5, 0.6) is 0 Å². The maximum Gasteiger partial charge on any atom is 0.416 e. The van der Waals surface area contributed by atoms with Crippen molar-refractivity contribution < 1.29 is 51.1 Å². The summed E-state index contributed by atoms with van der Waals surface area (Å²) in [5.74, 6) is -4.68. The smallest absolute Gasteiger partial charge is 0.394 e. The van der Waals surface area contributed by atoms with Gasteiger partial charge in [-0.2, -0.15) is 13.2 Å². The number of halogens is 7. The summed E-state index contributed by atoms with van der Waals surface area (Å²) < 4.78 is 92.7. The van der Waals surface area contributed by atoms with Crippen molar-refractivity contribution in [3.63, 3.8) is 0 Å². The Morgan fingerprint density at radius 3 is 2.46 bits per heavy atom. The first-order valence-electron chi connectivity index (χ1n) is 11.0. The molecule has 1 fully saturated rings. The minimum atomic E-state index is -5.01. The summed E-state index contributed by atoms with van der Waals surface area (Å²) in [6.07, 6.45) is -8.20. The van der Waals surface area contributed by atoms with Crippen LogP contribution in [0.25, 0.3) is 11.3 Å². The second kappa shape index (κ2) is 12.1. The van der Waals surface area contributed by atoms with Gasteiger partial charge in [-0.05, 0) is 34.1 Å². The molecule has 2 aromatic heterocycles. The molecule has 0 amide bonds. The Labute approximate surface area is 228 Å². The van der Waals surface area contributed by atoms with E-state index in [9.17, 15) is 41.7 Å². The van der Waals surface area contributed by atoms with E-state index in [4.69, 9.17) is 9.47 Å². The number of alkyl halides is 3. The molecule has 4 rings (SSSR count). The average Bonchev–Trinajstić information content (AvgIpc) is 3.35.